The van der Waals surface area contributed by atoms with Crippen molar-refractivity contribution in [3.8, 4) is 23.3 Å². The van der Waals surface area contributed by atoms with Crippen LogP contribution in [0.3, 0.4) is 0 Å². The number of likely N-dealkylation sites (tertiary alicyclic amines) is 1. The maximum Gasteiger partial charge on any atom is 0.335 e. The van der Waals surface area contributed by atoms with Crippen molar-refractivity contribution in [3.63, 3.8) is 0 Å². The molecule has 4 aromatic rings. The van der Waals surface area contributed by atoms with E-state index in [1.165, 1.54) is 6.33 Å². The molecule has 2 aromatic carbocycles. The summed E-state index contributed by atoms with van der Waals surface area (Å²) in [6.07, 6.45) is 6.66. The first kappa shape index (κ1) is 32.0. The largest absolute Gasteiger partial charge is 0.457 e. The van der Waals surface area contributed by atoms with Gasteiger partial charge in [-0.3, -0.25) is 18.8 Å². The van der Waals surface area contributed by atoms with Gasteiger partial charge in [0.1, 0.15) is 35.0 Å². The number of nitrogens with zero attached hydrogens (tertiary/aromatic N) is 6. The van der Waals surface area contributed by atoms with Crippen LogP contribution in [0.2, 0.25) is 0 Å². The minimum absolute atomic E-state index is 0.0786. The number of nitrogens with two attached hydrogens (primary N) is 1. The van der Waals surface area contributed by atoms with Gasteiger partial charge in [0, 0.05) is 30.7 Å². The lowest BCUT2D eigenvalue weighted by Gasteiger charge is -2.40. The molecule has 6 rings (SSSR count). The minimum Gasteiger partial charge on any atom is -0.457 e. The summed E-state index contributed by atoms with van der Waals surface area (Å²) in [7, 11) is 0. The predicted molar refractivity (Wildman–Crippen MR) is 178 cm³/mol. The van der Waals surface area contributed by atoms with Gasteiger partial charge in [-0.25, -0.2) is 14.8 Å². The number of nitrogen functional groups attached to an aromatic ring is 1. The van der Waals surface area contributed by atoms with E-state index in [0.717, 1.165) is 0 Å². The third-order valence-electron chi connectivity index (χ3n) is 9.29. The molecule has 0 radical (unpaired) electrons. The molecule has 244 valence electrons. The number of nitriles is 1. The molecule has 1 amide bonds. The monoisotopic (exact) mass is 636 g/mol. The van der Waals surface area contributed by atoms with Crippen LogP contribution in [0.15, 0.2) is 77.4 Å². The zero-order valence-corrected chi connectivity index (χ0v) is 26.7. The number of anilines is 1. The van der Waals surface area contributed by atoms with Gasteiger partial charge in [-0.05, 0) is 94.8 Å². The van der Waals surface area contributed by atoms with Crippen molar-refractivity contribution in [3.05, 3.63) is 83.1 Å². The number of hydrogen-bond acceptors (Lipinski definition) is 9. The Bertz CT molecular complexity index is 1860. The molecule has 0 spiro atoms. The second-order valence-corrected chi connectivity index (χ2v) is 12.8. The Morgan fingerprint density at radius 1 is 1.02 bits per heavy atom. The van der Waals surface area contributed by atoms with Gasteiger partial charge in [0.25, 0.3) is 5.91 Å². The number of hydrogen-bond donors (Lipinski definition) is 3. The van der Waals surface area contributed by atoms with E-state index in [0.29, 0.717) is 80.0 Å². The maximum absolute atomic E-state index is 14.0. The first-order chi connectivity index (χ1) is 22.6. The summed E-state index contributed by atoms with van der Waals surface area (Å²) in [5.74, 6) is 1.15. The highest BCUT2D eigenvalue weighted by atomic mass is 16.5. The molecule has 12 nitrogen and oxygen atoms in total. The molecule has 0 unspecified atom stereocenters. The first-order valence-corrected chi connectivity index (χ1v) is 16.1. The average molecular weight is 637 g/mol. The Hall–Kier alpha value is -4.99. The predicted octanol–water partition coefficient (Wildman–Crippen LogP) is 4.24. The van der Waals surface area contributed by atoms with E-state index in [4.69, 9.17) is 10.5 Å². The highest BCUT2D eigenvalue weighted by Gasteiger charge is 2.32. The van der Waals surface area contributed by atoms with Gasteiger partial charge >= 0.3 is 5.69 Å². The second kappa shape index (κ2) is 13.4. The number of rotatable bonds is 8. The van der Waals surface area contributed by atoms with Crippen molar-refractivity contribution in [1.29, 1.82) is 5.26 Å². The molecule has 0 bridgehead atoms. The summed E-state index contributed by atoms with van der Waals surface area (Å²) >= 11 is 0. The van der Waals surface area contributed by atoms with Crippen LogP contribution in [0.5, 0.6) is 11.5 Å². The van der Waals surface area contributed by atoms with Crippen LogP contribution in [0, 0.1) is 11.3 Å². The quantitative estimate of drug-likeness (QED) is 0.190. The van der Waals surface area contributed by atoms with Crippen molar-refractivity contribution in [1.82, 2.24) is 29.3 Å². The molecular formula is C35H40N8O4. The summed E-state index contributed by atoms with van der Waals surface area (Å²) < 4.78 is 9.16. The lowest BCUT2D eigenvalue weighted by molar-refractivity contribution is -0.118. The van der Waals surface area contributed by atoms with E-state index < -0.39 is 11.4 Å². The molecule has 12 heteroatoms. The van der Waals surface area contributed by atoms with Gasteiger partial charge in [-0.1, -0.05) is 18.2 Å². The summed E-state index contributed by atoms with van der Waals surface area (Å²) in [5.41, 5.74) is 7.14. The van der Waals surface area contributed by atoms with Gasteiger partial charge in [0.2, 0.25) is 0 Å². The third kappa shape index (κ3) is 6.77. The number of aliphatic hydroxyl groups is 1. The van der Waals surface area contributed by atoms with Crippen LogP contribution in [-0.4, -0.2) is 65.8 Å². The fraction of sp³-hybridized carbons (Fsp3) is 0.400. The van der Waals surface area contributed by atoms with Crippen molar-refractivity contribution in [2.75, 3.05) is 18.8 Å². The molecule has 4 N–H and O–H groups in total. The average Bonchev–Trinajstić information content (AvgIpc) is 3.37. The number of aromatic nitrogens is 4. The van der Waals surface area contributed by atoms with E-state index in [9.17, 15) is 20.0 Å². The Morgan fingerprint density at radius 2 is 1.68 bits per heavy atom. The van der Waals surface area contributed by atoms with Crippen molar-refractivity contribution in [2.24, 2.45) is 0 Å². The fourth-order valence-electron chi connectivity index (χ4n) is 6.70. The molecule has 3 heterocycles. The standard InChI is InChI=1S/C35H40N8O4/c1-35(2,41-18-16-27(44)17-19-41)20-23(21-36)33(45)40-24-8-10-26(11-9-24)43-32-30(31(37)38-22-39-32)42(34(43)46)25-12-14-29(15-13-25)47-28-6-4-3-5-7-28/h3-7,12-15,20,22,24,26-27,44H,8-11,16-19H2,1-2H3,(H,40,45)(H2,37,38,39). The van der Waals surface area contributed by atoms with Gasteiger partial charge in [0.05, 0.1) is 11.8 Å². The number of fused-ring (bicyclic) bond motifs is 1. The van der Waals surface area contributed by atoms with E-state index in [1.54, 1.807) is 39.5 Å². The molecule has 1 aliphatic heterocycles. The van der Waals surface area contributed by atoms with Gasteiger partial charge in [-0.15, -0.1) is 0 Å². The molecule has 2 fully saturated rings. The number of piperidine rings is 1. The number of ether oxygens (including phenoxy) is 1. The number of imidazole rings is 1. The number of aliphatic hydroxyl groups excluding tert-OH is 1. The van der Waals surface area contributed by atoms with Crippen molar-refractivity contribution in [2.45, 2.75) is 76.1 Å². The molecule has 1 saturated carbocycles. The molecule has 47 heavy (non-hydrogen) atoms. The highest BCUT2D eigenvalue weighted by Crippen LogP contribution is 2.32. The molecule has 0 atom stereocenters. The summed E-state index contributed by atoms with van der Waals surface area (Å²) in [5, 5.41) is 22.8. The Labute approximate surface area is 273 Å². The van der Waals surface area contributed by atoms with Crippen LogP contribution in [0.1, 0.15) is 58.4 Å². The fourth-order valence-corrected chi connectivity index (χ4v) is 6.70. The van der Waals surface area contributed by atoms with E-state index >= 15 is 0 Å². The number of amides is 1. The van der Waals surface area contributed by atoms with Crippen LogP contribution in [-0.2, 0) is 4.79 Å². The van der Waals surface area contributed by atoms with E-state index in [1.807, 2.05) is 44.2 Å². The normalized spacial score (nSPS) is 19.7. The van der Waals surface area contributed by atoms with Crippen LogP contribution < -0.4 is 21.5 Å². The lowest BCUT2D eigenvalue weighted by atomic mass is 9.90. The van der Waals surface area contributed by atoms with Crippen molar-refractivity contribution >= 4 is 22.9 Å². The van der Waals surface area contributed by atoms with Crippen LogP contribution in [0.4, 0.5) is 5.82 Å². The van der Waals surface area contributed by atoms with E-state index in [2.05, 4.69) is 26.3 Å². The number of para-hydroxylation sites is 1. The summed E-state index contributed by atoms with van der Waals surface area (Å²) in [6.45, 7) is 5.38. The minimum atomic E-state index is -0.505. The number of benzene rings is 2. The van der Waals surface area contributed by atoms with Crippen molar-refractivity contribution < 1.29 is 14.6 Å². The molecule has 1 aliphatic carbocycles. The first-order valence-electron chi connectivity index (χ1n) is 16.1. The Kier molecular flexibility index (Phi) is 9.11. The molecular weight excluding hydrogens is 596 g/mol. The Morgan fingerprint density at radius 3 is 2.34 bits per heavy atom. The summed E-state index contributed by atoms with van der Waals surface area (Å²) in [6, 6.07) is 18.5. The third-order valence-corrected chi connectivity index (χ3v) is 9.29. The zero-order valence-electron chi connectivity index (χ0n) is 26.7. The molecule has 1 saturated heterocycles. The zero-order chi connectivity index (χ0) is 33.1. The van der Waals surface area contributed by atoms with Gasteiger partial charge in [-0.2, -0.15) is 5.26 Å². The summed E-state index contributed by atoms with van der Waals surface area (Å²) in [4.78, 5) is 38.1. The van der Waals surface area contributed by atoms with Gasteiger partial charge in [0.15, 0.2) is 11.5 Å². The second-order valence-electron chi connectivity index (χ2n) is 12.8. The van der Waals surface area contributed by atoms with E-state index in [-0.39, 0.29) is 35.3 Å². The maximum atomic E-state index is 14.0. The molecule has 2 aliphatic rings. The lowest BCUT2D eigenvalue weighted by Crippen LogP contribution is -2.48. The Balaban J connectivity index is 1.17. The van der Waals surface area contributed by atoms with Crippen LogP contribution >= 0.6 is 0 Å². The van der Waals surface area contributed by atoms with Gasteiger partial charge < -0.3 is 20.9 Å². The van der Waals surface area contributed by atoms with Crippen LogP contribution in [0.25, 0.3) is 16.9 Å². The SMILES string of the molecule is CC(C)(C=C(C#N)C(=O)NC1CCC(n2c(=O)n(-c3ccc(Oc4ccccc4)cc3)c3c(N)ncnc32)CC1)N1CCC(O)CC1. The topological polar surface area (TPSA) is 164 Å². The number of carbonyl (C=O) groups is 1. The highest BCUT2D eigenvalue weighted by molar-refractivity contribution is 5.97. The number of nitrogens with one attached hydrogen (secondary N) is 1. The number of carbonyl (C=O) groups excluding carboxylic acids is 1. The smallest absolute Gasteiger partial charge is 0.335 e. The molecule has 2 aromatic heterocycles.